The lowest BCUT2D eigenvalue weighted by molar-refractivity contribution is -0.137. The van der Waals surface area contributed by atoms with Gasteiger partial charge in [0.25, 0.3) is 0 Å². The molecule has 0 fully saturated rings. The third-order valence-corrected chi connectivity index (χ3v) is 4.98. The molecule has 0 N–H and O–H groups in total. The maximum absolute atomic E-state index is 13.2. The van der Waals surface area contributed by atoms with E-state index in [0.29, 0.717) is 25.1 Å². The van der Waals surface area contributed by atoms with E-state index in [1.807, 2.05) is 43.3 Å². The summed E-state index contributed by atoms with van der Waals surface area (Å²) in [5.41, 5.74) is 0.734. The first-order chi connectivity index (χ1) is 13.7. The lowest BCUT2D eigenvalue weighted by Gasteiger charge is -2.31. The minimum absolute atomic E-state index is 0.0984. The van der Waals surface area contributed by atoms with Crippen LogP contribution in [0.5, 0.6) is 5.75 Å². The highest BCUT2D eigenvalue weighted by atomic mass is 19.4. The molecule has 0 spiro atoms. The van der Waals surface area contributed by atoms with E-state index < -0.39 is 11.7 Å². The Bertz CT molecular complexity index is 852. The number of amides is 1. The second-order valence-electron chi connectivity index (χ2n) is 7.58. The number of halogens is 3. The van der Waals surface area contributed by atoms with Gasteiger partial charge in [-0.1, -0.05) is 30.3 Å². The number of carbonyl (C=O) groups is 1. The zero-order valence-electron chi connectivity index (χ0n) is 16.6. The molecular weight excluding hydrogens is 381 g/mol. The first-order valence-electron chi connectivity index (χ1n) is 9.54. The Morgan fingerprint density at radius 3 is 2.59 bits per heavy atom. The highest BCUT2D eigenvalue weighted by molar-refractivity contribution is 5.80. The summed E-state index contributed by atoms with van der Waals surface area (Å²) in [4.78, 5) is 16.8. The minimum atomic E-state index is -4.41. The van der Waals surface area contributed by atoms with Crippen LogP contribution in [0, 0.1) is 5.92 Å². The quantitative estimate of drug-likeness (QED) is 0.731. The zero-order chi connectivity index (χ0) is 21.0. The standard InChI is InChI=1S/C22H25F3N2O2/c1-26(2)10-11-27(14-16-6-5-8-19(12-16)22(23,24)25)21(28)18-13-17-7-3-4-9-20(17)29-15-18/h3-9,12,18H,10-11,13-15H2,1-2H3. The molecule has 0 saturated carbocycles. The molecule has 2 aromatic rings. The number of hydrogen-bond acceptors (Lipinski definition) is 3. The lowest BCUT2D eigenvalue weighted by Crippen LogP contribution is -2.43. The van der Waals surface area contributed by atoms with Gasteiger partial charge in [0, 0.05) is 19.6 Å². The molecule has 2 aromatic carbocycles. The molecule has 0 bridgehead atoms. The van der Waals surface area contributed by atoms with Gasteiger partial charge in [0.1, 0.15) is 12.4 Å². The molecular formula is C22H25F3N2O2. The molecule has 0 saturated heterocycles. The van der Waals surface area contributed by atoms with Crippen LogP contribution in [0.4, 0.5) is 13.2 Å². The smallest absolute Gasteiger partial charge is 0.416 e. The van der Waals surface area contributed by atoms with Crippen LogP contribution in [-0.2, 0) is 23.9 Å². The van der Waals surface area contributed by atoms with Crippen molar-refractivity contribution in [3.8, 4) is 5.75 Å². The number of nitrogens with zero attached hydrogens (tertiary/aromatic N) is 2. The number of fused-ring (bicyclic) bond motifs is 1. The average Bonchev–Trinajstić information content (AvgIpc) is 2.69. The van der Waals surface area contributed by atoms with E-state index in [0.717, 1.165) is 23.4 Å². The van der Waals surface area contributed by atoms with E-state index in [1.165, 1.54) is 6.07 Å². The monoisotopic (exact) mass is 406 g/mol. The van der Waals surface area contributed by atoms with Gasteiger partial charge in [0.05, 0.1) is 11.5 Å². The van der Waals surface area contributed by atoms with Crippen LogP contribution in [0.3, 0.4) is 0 Å². The molecule has 3 rings (SSSR count). The first kappa shape index (κ1) is 21.2. The van der Waals surface area contributed by atoms with Crippen molar-refractivity contribution in [1.82, 2.24) is 9.80 Å². The maximum atomic E-state index is 13.2. The van der Waals surface area contributed by atoms with E-state index in [2.05, 4.69) is 0 Å². The number of likely N-dealkylation sites (N-methyl/N-ethyl adjacent to an activating group) is 1. The molecule has 29 heavy (non-hydrogen) atoms. The Labute approximate surface area is 168 Å². The SMILES string of the molecule is CN(C)CCN(Cc1cccc(C(F)(F)F)c1)C(=O)C1COc2ccccc2C1. The average molecular weight is 406 g/mol. The van der Waals surface area contributed by atoms with Gasteiger partial charge in [-0.05, 0) is 49.8 Å². The fourth-order valence-corrected chi connectivity index (χ4v) is 3.40. The largest absolute Gasteiger partial charge is 0.492 e. The molecule has 4 nitrogen and oxygen atoms in total. The van der Waals surface area contributed by atoms with Gasteiger partial charge >= 0.3 is 6.18 Å². The van der Waals surface area contributed by atoms with E-state index in [4.69, 9.17) is 4.74 Å². The summed E-state index contributed by atoms with van der Waals surface area (Å²) >= 11 is 0. The van der Waals surface area contributed by atoms with E-state index in [1.54, 1.807) is 11.0 Å². The van der Waals surface area contributed by atoms with Crippen molar-refractivity contribution in [2.45, 2.75) is 19.1 Å². The Morgan fingerprint density at radius 2 is 1.86 bits per heavy atom. The van der Waals surface area contributed by atoms with Gasteiger partial charge < -0.3 is 14.5 Å². The zero-order valence-corrected chi connectivity index (χ0v) is 16.6. The number of rotatable bonds is 6. The highest BCUT2D eigenvalue weighted by Crippen LogP contribution is 2.31. The van der Waals surface area contributed by atoms with E-state index in [9.17, 15) is 18.0 Å². The van der Waals surface area contributed by atoms with Gasteiger partial charge in [0.15, 0.2) is 0 Å². The van der Waals surface area contributed by atoms with E-state index >= 15 is 0 Å². The summed E-state index contributed by atoms with van der Waals surface area (Å²) in [6, 6.07) is 12.8. The van der Waals surface area contributed by atoms with Crippen molar-refractivity contribution >= 4 is 5.91 Å². The van der Waals surface area contributed by atoms with Crippen molar-refractivity contribution in [3.63, 3.8) is 0 Å². The summed E-state index contributed by atoms with van der Waals surface area (Å²) in [6.07, 6.45) is -3.84. The Hall–Kier alpha value is -2.54. The van der Waals surface area contributed by atoms with Crippen molar-refractivity contribution in [3.05, 3.63) is 65.2 Å². The molecule has 1 unspecified atom stereocenters. The normalized spacial score (nSPS) is 16.3. The molecule has 1 atom stereocenters. The number of carbonyl (C=O) groups excluding carboxylic acids is 1. The minimum Gasteiger partial charge on any atom is -0.492 e. The summed E-state index contributed by atoms with van der Waals surface area (Å²) in [5.74, 6) is 0.339. The van der Waals surface area contributed by atoms with Gasteiger partial charge in [0.2, 0.25) is 5.91 Å². The number of para-hydroxylation sites is 1. The van der Waals surface area contributed by atoms with Crippen LogP contribution in [0.1, 0.15) is 16.7 Å². The fourth-order valence-electron chi connectivity index (χ4n) is 3.40. The molecule has 1 heterocycles. The van der Waals surface area contributed by atoms with Crippen molar-refractivity contribution < 1.29 is 22.7 Å². The second kappa shape index (κ2) is 8.86. The Balaban J connectivity index is 1.77. The van der Waals surface area contributed by atoms with E-state index in [-0.39, 0.29) is 25.0 Å². The van der Waals surface area contributed by atoms with Crippen LogP contribution in [0.15, 0.2) is 48.5 Å². The molecule has 1 aliphatic rings. The van der Waals surface area contributed by atoms with Gasteiger partial charge in [-0.15, -0.1) is 0 Å². The Morgan fingerprint density at radius 1 is 1.10 bits per heavy atom. The molecule has 0 aromatic heterocycles. The first-order valence-corrected chi connectivity index (χ1v) is 9.54. The van der Waals surface area contributed by atoms with Crippen molar-refractivity contribution in [1.29, 1.82) is 0 Å². The third-order valence-electron chi connectivity index (χ3n) is 4.98. The number of benzene rings is 2. The number of ether oxygens (including phenoxy) is 1. The Kier molecular flexibility index (Phi) is 6.47. The van der Waals surface area contributed by atoms with Crippen LogP contribution >= 0.6 is 0 Å². The van der Waals surface area contributed by atoms with Crippen molar-refractivity contribution in [2.24, 2.45) is 5.92 Å². The topological polar surface area (TPSA) is 32.8 Å². The molecule has 1 aliphatic heterocycles. The van der Waals surface area contributed by atoms with Gasteiger partial charge in [-0.25, -0.2) is 0 Å². The van der Waals surface area contributed by atoms with Gasteiger partial charge in [-0.3, -0.25) is 4.79 Å². The van der Waals surface area contributed by atoms with Crippen LogP contribution in [-0.4, -0.2) is 49.5 Å². The lowest BCUT2D eigenvalue weighted by atomic mass is 9.95. The highest BCUT2D eigenvalue weighted by Gasteiger charge is 2.32. The predicted octanol–water partition coefficient (Wildman–Crippen LogP) is 3.85. The van der Waals surface area contributed by atoms with Gasteiger partial charge in [-0.2, -0.15) is 13.2 Å². The van der Waals surface area contributed by atoms with Crippen LogP contribution < -0.4 is 4.74 Å². The summed E-state index contributed by atoms with van der Waals surface area (Å²) in [5, 5.41) is 0. The molecule has 7 heteroatoms. The molecule has 0 radical (unpaired) electrons. The number of alkyl halides is 3. The fraction of sp³-hybridized carbons (Fsp3) is 0.409. The maximum Gasteiger partial charge on any atom is 0.416 e. The third kappa shape index (κ3) is 5.50. The second-order valence-corrected chi connectivity index (χ2v) is 7.58. The molecule has 156 valence electrons. The molecule has 0 aliphatic carbocycles. The molecule has 1 amide bonds. The van der Waals surface area contributed by atoms with Crippen molar-refractivity contribution in [2.75, 3.05) is 33.8 Å². The summed E-state index contributed by atoms with van der Waals surface area (Å²) < 4.78 is 44.9. The summed E-state index contributed by atoms with van der Waals surface area (Å²) in [7, 11) is 3.79. The van der Waals surface area contributed by atoms with Crippen LogP contribution in [0.2, 0.25) is 0 Å². The predicted molar refractivity (Wildman–Crippen MR) is 105 cm³/mol. The number of hydrogen-bond donors (Lipinski definition) is 0. The summed E-state index contributed by atoms with van der Waals surface area (Å²) in [6.45, 7) is 1.46. The van der Waals surface area contributed by atoms with Crippen LogP contribution in [0.25, 0.3) is 0 Å².